The van der Waals surface area contributed by atoms with Crippen molar-refractivity contribution >= 4 is 6.08 Å². The van der Waals surface area contributed by atoms with E-state index in [2.05, 4.69) is 4.99 Å². The predicted octanol–water partition coefficient (Wildman–Crippen LogP) is 0.143. The molecule has 0 saturated carbocycles. The molecule has 2 unspecified atom stereocenters. The molecule has 2 heterocycles. The summed E-state index contributed by atoms with van der Waals surface area (Å²) in [7, 11) is 0. The quantitative estimate of drug-likeness (QED) is 0.360. The van der Waals surface area contributed by atoms with E-state index >= 15 is 0 Å². The van der Waals surface area contributed by atoms with E-state index in [0.29, 0.717) is 18.8 Å². The van der Waals surface area contributed by atoms with Gasteiger partial charge in [0.2, 0.25) is 6.08 Å². The molecule has 0 N–H and O–H groups in total. The second kappa shape index (κ2) is 6.68. The van der Waals surface area contributed by atoms with Gasteiger partial charge in [-0.15, -0.1) is 0 Å². The highest BCUT2D eigenvalue weighted by Gasteiger charge is 2.26. The smallest absolute Gasteiger partial charge is 0.234 e. The number of epoxide rings is 2. The molecule has 2 saturated heterocycles. The minimum Gasteiger partial charge on any atom is -0.376 e. The number of hydrogen-bond acceptors (Lipinski definition) is 5. The lowest BCUT2D eigenvalue weighted by molar-refractivity contribution is 0.102. The largest absolute Gasteiger partial charge is 0.376 e. The van der Waals surface area contributed by atoms with Gasteiger partial charge in [-0.25, -0.2) is 9.79 Å². The molecule has 0 aromatic heterocycles. The lowest BCUT2D eigenvalue weighted by Gasteiger charge is -1.95. The number of isocyanates is 1. The van der Waals surface area contributed by atoms with Gasteiger partial charge in [-0.1, -0.05) is 0 Å². The molecule has 2 aliphatic heterocycles. The van der Waals surface area contributed by atoms with Gasteiger partial charge < -0.3 is 14.2 Å². The Balaban J connectivity index is 0.000000171. The summed E-state index contributed by atoms with van der Waals surface area (Å²) in [6.45, 7) is 5.59. The Morgan fingerprint density at radius 2 is 1.86 bits per heavy atom. The van der Waals surface area contributed by atoms with Gasteiger partial charge in [0.15, 0.2) is 0 Å². The van der Waals surface area contributed by atoms with Crippen molar-refractivity contribution < 1.29 is 19.0 Å². The Labute approximate surface area is 83.1 Å². The van der Waals surface area contributed by atoms with Crippen LogP contribution in [-0.2, 0) is 19.0 Å². The summed E-state index contributed by atoms with van der Waals surface area (Å²) in [5.41, 5.74) is 0. The molecule has 0 aliphatic carbocycles. The fourth-order valence-corrected chi connectivity index (χ4v) is 0.724. The van der Waals surface area contributed by atoms with Crippen molar-refractivity contribution in [3.8, 4) is 0 Å². The molecule has 5 heteroatoms. The van der Waals surface area contributed by atoms with E-state index in [4.69, 9.17) is 19.0 Å². The Hall–Kier alpha value is -0.740. The maximum Gasteiger partial charge on any atom is 0.234 e. The Morgan fingerprint density at radius 1 is 1.36 bits per heavy atom. The second-order valence-electron chi connectivity index (χ2n) is 3.01. The summed E-state index contributed by atoms with van der Waals surface area (Å²) in [5, 5.41) is 0. The van der Waals surface area contributed by atoms with Crippen molar-refractivity contribution in [2.45, 2.75) is 19.1 Å². The molecule has 0 radical (unpaired) electrons. The van der Waals surface area contributed by atoms with Crippen LogP contribution in [0.5, 0.6) is 0 Å². The average molecular weight is 201 g/mol. The predicted molar refractivity (Wildman–Crippen MR) is 49.0 cm³/mol. The molecule has 2 fully saturated rings. The van der Waals surface area contributed by atoms with Gasteiger partial charge in [0.25, 0.3) is 0 Å². The van der Waals surface area contributed by atoms with Gasteiger partial charge in [-0.2, -0.15) is 0 Å². The van der Waals surface area contributed by atoms with Crippen LogP contribution in [0.2, 0.25) is 0 Å². The summed E-state index contributed by atoms with van der Waals surface area (Å²) < 4.78 is 15.1. The molecule has 5 nitrogen and oxygen atoms in total. The Morgan fingerprint density at radius 3 is 2.07 bits per heavy atom. The van der Waals surface area contributed by atoms with Gasteiger partial charge in [0, 0.05) is 6.54 Å². The van der Waals surface area contributed by atoms with Crippen molar-refractivity contribution in [3.63, 3.8) is 0 Å². The zero-order valence-electron chi connectivity index (χ0n) is 8.27. The second-order valence-corrected chi connectivity index (χ2v) is 3.01. The first-order chi connectivity index (χ1) is 6.86. The topological polar surface area (TPSA) is 63.7 Å². The molecule has 0 amide bonds. The number of aliphatic imine (C=N–C) groups is 1. The van der Waals surface area contributed by atoms with Gasteiger partial charge in [0.1, 0.15) is 12.2 Å². The molecular weight excluding hydrogens is 186 g/mol. The van der Waals surface area contributed by atoms with Crippen LogP contribution in [0.1, 0.15) is 6.92 Å². The van der Waals surface area contributed by atoms with Crippen LogP contribution in [0.4, 0.5) is 0 Å². The minimum atomic E-state index is 0.392. The first-order valence-corrected chi connectivity index (χ1v) is 4.71. The van der Waals surface area contributed by atoms with Crippen molar-refractivity contribution in [2.24, 2.45) is 4.99 Å². The lowest BCUT2D eigenvalue weighted by atomic mass is 10.5. The number of rotatable bonds is 5. The minimum absolute atomic E-state index is 0.392. The molecule has 2 rings (SSSR count). The molecule has 80 valence electrons. The third-order valence-electron chi connectivity index (χ3n) is 1.63. The fourth-order valence-electron chi connectivity index (χ4n) is 0.724. The van der Waals surface area contributed by atoms with Crippen molar-refractivity contribution in [1.29, 1.82) is 0 Å². The summed E-state index contributed by atoms with van der Waals surface area (Å²) in [6, 6.07) is 0. The average Bonchev–Trinajstić information content (AvgIpc) is 3.01. The maximum atomic E-state index is 9.11. The third-order valence-corrected chi connectivity index (χ3v) is 1.63. The van der Waals surface area contributed by atoms with Gasteiger partial charge in [0.05, 0.1) is 26.4 Å². The molecular formula is C9H15NO4. The zero-order valence-corrected chi connectivity index (χ0v) is 8.27. The van der Waals surface area contributed by atoms with E-state index < -0.39 is 0 Å². The zero-order chi connectivity index (χ0) is 10.2. The van der Waals surface area contributed by atoms with Gasteiger partial charge >= 0.3 is 0 Å². The van der Waals surface area contributed by atoms with E-state index in [-0.39, 0.29) is 0 Å². The molecule has 2 atom stereocenters. The van der Waals surface area contributed by atoms with Crippen LogP contribution < -0.4 is 0 Å². The van der Waals surface area contributed by atoms with Gasteiger partial charge in [-0.05, 0) is 6.92 Å². The Kier molecular flexibility index (Phi) is 5.40. The normalized spacial score (nSPS) is 26.9. The number of hydrogen-bond donors (Lipinski definition) is 0. The number of carbonyl (C=O) groups excluding carboxylic acids is 1. The molecule has 0 aromatic carbocycles. The lowest BCUT2D eigenvalue weighted by Crippen LogP contribution is -2.06. The van der Waals surface area contributed by atoms with Crippen LogP contribution in [0.15, 0.2) is 4.99 Å². The monoisotopic (exact) mass is 201 g/mol. The van der Waals surface area contributed by atoms with E-state index in [1.165, 1.54) is 6.08 Å². The van der Waals surface area contributed by atoms with E-state index in [0.717, 1.165) is 26.4 Å². The van der Waals surface area contributed by atoms with Crippen LogP contribution >= 0.6 is 0 Å². The van der Waals surface area contributed by atoms with Crippen LogP contribution in [-0.4, -0.2) is 51.3 Å². The van der Waals surface area contributed by atoms with Crippen molar-refractivity contribution in [2.75, 3.05) is 33.0 Å². The summed E-state index contributed by atoms with van der Waals surface area (Å²) in [4.78, 5) is 12.3. The number of ether oxygens (including phenoxy) is 3. The standard InChI is InChI=1S/C6H10O3.C3H5NO/c1(5-3-8-5)7-2-6-4-9-6;1-2-4-3-5/h5-6H,1-4H2;2H2,1H3. The Bertz CT molecular complexity index is 183. The summed E-state index contributed by atoms with van der Waals surface area (Å²) in [5.74, 6) is 0. The van der Waals surface area contributed by atoms with Crippen LogP contribution in [0.25, 0.3) is 0 Å². The maximum absolute atomic E-state index is 9.11. The first kappa shape index (κ1) is 11.3. The summed E-state index contributed by atoms with van der Waals surface area (Å²) >= 11 is 0. The van der Waals surface area contributed by atoms with Crippen molar-refractivity contribution in [1.82, 2.24) is 0 Å². The highest BCUT2D eigenvalue weighted by molar-refractivity contribution is 5.32. The first-order valence-electron chi connectivity index (χ1n) is 4.71. The van der Waals surface area contributed by atoms with Gasteiger partial charge in [-0.3, -0.25) is 0 Å². The molecule has 0 aromatic rings. The number of nitrogens with zero attached hydrogens (tertiary/aromatic N) is 1. The third kappa shape index (κ3) is 6.74. The molecule has 2 aliphatic rings. The SMILES string of the molecule is C(OCC1CO1)C1CO1.CCN=C=O. The summed E-state index contributed by atoms with van der Waals surface area (Å²) in [6.07, 6.45) is 2.18. The highest BCUT2D eigenvalue weighted by Crippen LogP contribution is 2.12. The van der Waals surface area contributed by atoms with Crippen LogP contribution in [0, 0.1) is 0 Å². The molecule has 0 spiro atoms. The van der Waals surface area contributed by atoms with Crippen molar-refractivity contribution in [3.05, 3.63) is 0 Å². The fraction of sp³-hybridized carbons (Fsp3) is 0.889. The molecule has 14 heavy (non-hydrogen) atoms. The van der Waals surface area contributed by atoms with E-state index in [1.54, 1.807) is 6.92 Å². The molecule has 0 bridgehead atoms. The van der Waals surface area contributed by atoms with E-state index in [9.17, 15) is 0 Å². The van der Waals surface area contributed by atoms with E-state index in [1.807, 2.05) is 0 Å². The highest BCUT2D eigenvalue weighted by atomic mass is 16.6. The van der Waals surface area contributed by atoms with Crippen LogP contribution in [0.3, 0.4) is 0 Å².